The van der Waals surface area contributed by atoms with Crippen LogP contribution in [0.25, 0.3) is 0 Å². The van der Waals surface area contributed by atoms with E-state index in [1.807, 2.05) is 6.92 Å². The van der Waals surface area contributed by atoms with Gasteiger partial charge in [-0.2, -0.15) is 6.42 Å². The SMILES string of the molecule is C=C(C)C[CH2-].[Br-].[Zn+2]. The molecule has 0 rings (SSSR count). The van der Waals surface area contributed by atoms with Gasteiger partial charge in [0.1, 0.15) is 0 Å². The minimum atomic E-state index is 0. The van der Waals surface area contributed by atoms with Crippen LogP contribution >= 0.6 is 0 Å². The maximum Gasteiger partial charge on any atom is 2.00 e. The normalized spacial score (nSPS) is 5.43. The molecule has 2 heteroatoms. The Morgan fingerprint density at radius 2 is 1.86 bits per heavy atom. The Morgan fingerprint density at radius 3 is 1.86 bits per heavy atom. The van der Waals surface area contributed by atoms with Crippen LogP contribution in [0.1, 0.15) is 13.3 Å². The smallest absolute Gasteiger partial charge is 1.00 e. The average Bonchev–Trinajstić information content (AvgIpc) is 1.38. The van der Waals surface area contributed by atoms with E-state index in [0.717, 1.165) is 12.0 Å². The quantitative estimate of drug-likeness (QED) is 0.292. The first-order chi connectivity index (χ1) is 2.27. The van der Waals surface area contributed by atoms with Gasteiger partial charge < -0.3 is 23.9 Å². The molecular weight excluding hydrogens is 205 g/mol. The minimum absolute atomic E-state index is 0. The van der Waals surface area contributed by atoms with Crippen LogP contribution < -0.4 is 17.0 Å². The Bertz CT molecular complexity index is 43.3. The molecule has 0 aliphatic carbocycles. The van der Waals surface area contributed by atoms with Gasteiger partial charge in [0.15, 0.2) is 0 Å². The summed E-state index contributed by atoms with van der Waals surface area (Å²) >= 11 is 0. The minimum Gasteiger partial charge on any atom is -1.00 e. The topological polar surface area (TPSA) is 0 Å². The van der Waals surface area contributed by atoms with E-state index in [1.165, 1.54) is 0 Å². The molecule has 0 saturated carbocycles. The zero-order valence-electron chi connectivity index (χ0n) is 4.71. The molecule has 0 aromatic rings. The predicted octanol–water partition coefficient (Wildman–Crippen LogP) is -1.21. The van der Waals surface area contributed by atoms with E-state index in [0.29, 0.717) is 0 Å². The van der Waals surface area contributed by atoms with Crippen molar-refractivity contribution in [1.82, 2.24) is 0 Å². The van der Waals surface area contributed by atoms with E-state index in [-0.39, 0.29) is 36.5 Å². The molecule has 38 valence electrons. The first-order valence-electron chi connectivity index (χ1n) is 1.71. The molecule has 0 amide bonds. The number of hydrogen-bond acceptors (Lipinski definition) is 0. The fourth-order valence-electron chi connectivity index (χ4n) is 0. The van der Waals surface area contributed by atoms with Crippen LogP contribution in [0.3, 0.4) is 0 Å². The van der Waals surface area contributed by atoms with Crippen molar-refractivity contribution in [2.45, 2.75) is 13.3 Å². The van der Waals surface area contributed by atoms with E-state index < -0.39 is 0 Å². The standard InChI is InChI=1S/C5H9.BrH.Zn/c1-4-5(2)3;;/h1-2,4H2,3H3;1H;/q-1;;+2/p-1. The van der Waals surface area contributed by atoms with Crippen LogP contribution in [0.4, 0.5) is 0 Å². The third-order valence-electron chi connectivity index (χ3n) is 0.427. The van der Waals surface area contributed by atoms with Gasteiger partial charge in [0, 0.05) is 0 Å². The van der Waals surface area contributed by atoms with Gasteiger partial charge in [-0.15, -0.1) is 12.2 Å². The largest absolute Gasteiger partial charge is 2.00 e. The Hall–Kier alpha value is 0.843. The summed E-state index contributed by atoms with van der Waals surface area (Å²) < 4.78 is 0. The molecule has 0 saturated heterocycles. The van der Waals surface area contributed by atoms with Crippen molar-refractivity contribution >= 4 is 0 Å². The maximum atomic E-state index is 3.61. The van der Waals surface area contributed by atoms with Gasteiger partial charge in [-0.25, -0.2) is 0 Å². The van der Waals surface area contributed by atoms with E-state index >= 15 is 0 Å². The fourth-order valence-corrected chi connectivity index (χ4v) is 0. The molecular formula is C5H9BrZn. The van der Waals surface area contributed by atoms with Gasteiger partial charge in [-0.05, 0) is 6.92 Å². The van der Waals surface area contributed by atoms with Crippen LogP contribution in [-0.2, 0) is 19.5 Å². The summed E-state index contributed by atoms with van der Waals surface area (Å²) in [6.45, 7) is 9.16. The number of hydrogen-bond donors (Lipinski definition) is 0. The Kier molecular flexibility index (Phi) is 22.3. The summed E-state index contributed by atoms with van der Waals surface area (Å²) in [6, 6.07) is 0. The van der Waals surface area contributed by atoms with Crippen molar-refractivity contribution in [3.63, 3.8) is 0 Å². The van der Waals surface area contributed by atoms with Gasteiger partial charge >= 0.3 is 19.5 Å². The molecule has 0 aromatic heterocycles. The Balaban J connectivity index is -0.0000000800. The molecule has 0 aromatic carbocycles. The van der Waals surface area contributed by atoms with Crippen molar-refractivity contribution in [2.75, 3.05) is 0 Å². The second-order valence-corrected chi connectivity index (χ2v) is 1.21. The Labute approximate surface area is 68.9 Å². The molecule has 7 heavy (non-hydrogen) atoms. The average molecular weight is 214 g/mol. The van der Waals surface area contributed by atoms with Crippen LogP contribution in [0.5, 0.6) is 0 Å². The van der Waals surface area contributed by atoms with Crippen LogP contribution in [0.2, 0.25) is 0 Å². The molecule has 0 bridgehead atoms. The summed E-state index contributed by atoms with van der Waals surface area (Å²) in [6.07, 6.45) is 0.861. The second-order valence-electron chi connectivity index (χ2n) is 1.21. The first kappa shape index (κ1) is 15.7. The molecule has 0 radical (unpaired) electrons. The number of halogens is 1. The van der Waals surface area contributed by atoms with Gasteiger partial charge in [-0.3, -0.25) is 0 Å². The van der Waals surface area contributed by atoms with Crippen molar-refractivity contribution in [3.05, 3.63) is 19.1 Å². The van der Waals surface area contributed by atoms with Crippen molar-refractivity contribution in [1.29, 1.82) is 0 Å². The van der Waals surface area contributed by atoms with Crippen LogP contribution in [-0.4, -0.2) is 0 Å². The zero-order chi connectivity index (χ0) is 4.28. The molecule has 0 unspecified atom stereocenters. The third kappa shape index (κ3) is 19.9. The van der Waals surface area contributed by atoms with E-state index in [2.05, 4.69) is 13.5 Å². The van der Waals surface area contributed by atoms with Gasteiger partial charge in [0.05, 0.1) is 0 Å². The summed E-state index contributed by atoms with van der Waals surface area (Å²) in [5, 5.41) is 0. The molecule has 0 spiro atoms. The second kappa shape index (κ2) is 9.96. The molecule has 0 fully saturated rings. The summed E-state index contributed by atoms with van der Waals surface area (Å²) in [5.74, 6) is 0. The predicted molar refractivity (Wildman–Crippen MR) is 24.8 cm³/mol. The van der Waals surface area contributed by atoms with Gasteiger partial charge in [0.2, 0.25) is 0 Å². The monoisotopic (exact) mass is 212 g/mol. The molecule has 0 heterocycles. The molecule has 0 aliphatic heterocycles. The maximum absolute atomic E-state index is 3.61. The third-order valence-corrected chi connectivity index (χ3v) is 0.427. The molecule has 0 aliphatic rings. The fraction of sp³-hybridized carbons (Fsp3) is 0.400. The van der Waals surface area contributed by atoms with Gasteiger partial charge in [0.25, 0.3) is 0 Å². The molecule has 0 nitrogen and oxygen atoms in total. The molecule has 0 atom stereocenters. The van der Waals surface area contributed by atoms with Crippen LogP contribution in [0, 0.1) is 6.92 Å². The summed E-state index contributed by atoms with van der Waals surface area (Å²) in [5.41, 5.74) is 1.14. The van der Waals surface area contributed by atoms with Crippen molar-refractivity contribution in [3.8, 4) is 0 Å². The zero-order valence-corrected chi connectivity index (χ0v) is 9.26. The number of allylic oxidation sites excluding steroid dienone is 1. The Morgan fingerprint density at radius 1 is 1.71 bits per heavy atom. The van der Waals surface area contributed by atoms with Crippen LogP contribution in [0.15, 0.2) is 12.2 Å². The van der Waals surface area contributed by atoms with Crippen molar-refractivity contribution in [2.24, 2.45) is 0 Å². The molecule has 0 N–H and O–H groups in total. The van der Waals surface area contributed by atoms with E-state index in [1.54, 1.807) is 0 Å². The van der Waals surface area contributed by atoms with E-state index in [9.17, 15) is 0 Å². The van der Waals surface area contributed by atoms with Crippen molar-refractivity contribution < 1.29 is 36.5 Å². The summed E-state index contributed by atoms with van der Waals surface area (Å²) in [7, 11) is 0. The van der Waals surface area contributed by atoms with Gasteiger partial charge in [-0.1, -0.05) is 0 Å². The summed E-state index contributed by atoms with van der Waals surface area (Å²) in [4.78, 5) is 0. The van der Waals surface area contributed by atoms with E-state index in [4.69, 9.17) is 0 Å². The first-order valence-corrected chi connectivity index (χ1v) is 1.71. The number of rotatable bonds is 1.